The monoisotopic (exact) mass is 525 g/mol. The van der Waals surface area contributed by atoms with Gasteiger partial charge in [0.1, 0.15) is 28.8 Å². The SMILES string of the molecule is COc1ccc(C2C(C#N)=C(N)Oc3c2c(C)nn3-c2ccccc2)c(C)c1Cn1nc(C)c([N+](=O)[O-])c1C. The highest BCUT2D eigenvalue weighted by atomic mass is 16.6. The molecule has 0 aliphatic carbocycles. The van der Waals surface area contributed by atoms with Gasteiger partial charge in [0.05, 0.1) is 41.4 Å². The molecule has 0 amide bonds. The summed E-state index contributed by atoms with van der Waals surface area (Å²) in [5.74, 6) is 0.519. The minimum Gasteiger partial charge on any atom is -0.496 e. The summed E-state index contributed by atoms with van der Waals surface area (Å²) in [6.07, 6.45) is 0. The van der Waals surface area contributed by atoms with Crippen LogP contribution in [-0.2, 0) is 6.54 Å². The zero-order valence-corrected chi connectivity index (χ0v) is 22.2. The van der Waals surface area contributed by atoms with Crippen LogP contribution in [0.3, 0.4) is 0 Å². The van der Waals surface area contributed by atoms with E-state index in [2.05, 4.69) is 11.2 Å². The normalized spacial score (nSPS) is 14.5. The molecule has 2 aromatic heterocycles. The Morgan fingerprint density at radius 3 is 2.46 bits per heavy atom. The van der Waals surface area contributed by atoms with Crippen molar-refractivity contribution in [3.8, 4) is 23.4 Å². The summed E-state index contributed by atoms with van der Waals surface area (Å²) in [7, 11) is 1.57. The van der Waals surface area contributed by atoms with Gasteiger partial charge in [-0.25, -0.2) is 4.68 Å². The molecule has 198 valence electrons. The summed E-state index contributed by atoms with van der Waals surface area (Å²) in [6, 6.07) is 15.5. The van der Waals surface area contributed by atoms with Gasteiger partial charge >= 0.3 is 5.69 Å². The zero-order chi connectivity index (χ0) is 28.0. The summed E-state index contributed by atoms with van der Waals surface area (Å²) in [6.45, 7) is 7.34. The Morgan fingerprint density at radius 1 is 1.13 bits per heavy atom. The van der Waals surface area contributed by atoms with E-state index in [1.54, 1.807) is 30.3 Å². The van der Waals surface area contributed by atoms with Gasteiger partial charge in [0.25, 0.3) is 0 Å². The molecule has 0 fully saturated rings. The van der Waals surface area contributed by atoms with Crippen LogP contribution in [0.2, 0.25) is 0 Å². The van der Waals surface area contributed by atoms with Gasteiger partial charge in [-0.05, 0) is 57.0 Å². The molecule has 2 N–H and O–H groups in total. The molecule has 1 atom stereocenters. The van der Waals surface area contributed by atoms with Crippen LogP contribution >= 0.6 is 0 Å². The average Bonchev–Trinajstić information content (AvgIpc) is 3.39. The minimum absolute atomic E-state index is 0.0109. The first-order chi connectivity index (χ1) is 18.7. The maximum Gasteiger partial charge on any atom is 0.312 e. The Kier molecular flexibility index (Phi) is 6.32. The van der Waals surface area contributed by atoms with Crippen molar-refractivity contribution in [2.75, 3.05) is 7.11 Å². The summed E-state index contributed by atoms with van der Waals surface area (Å²) >= 11 is 0. The number of fused-ring (bicyclic) bond motifs is 1. The standard InChI is InChI=1S/C28H27N7O4/c1-15-20(11-12-23(38-5)22(15)14-33-18(4)26(35(36)37)17(3)31-33)25-21(13-29)27(30)39-28-24(25)16(2)32-34(28)19-9-7-6-8-10-19/h6-12,25H,14,30H2,1-5H3. The predicted molar refractivity (Wildman–Crippen MR) is 143 cm³/mol. The number of benzene rings is 2. The molecular formula is C28H27N7O4. The van der Waals surface area contributed by atoms with E-state index in [-0.39, 0.29) is 23.7 Å². The lowest BCUT2D eigenvalue weighted by Crippen LogP contribution is -2.23. The van der Waals surface area contributed by atoms with E-state index in [0.717, 1.165) is 27.9 Å². The van der Waals surface area contributed by atoms with E-state index < -0.39 is 10.8 Å². The molecule has 4 aromatic rings. The Morgan fingerprint density at radius 2 is 1.85 bits per heavy atom. The Bertz CT molecular complexity index is 1690. The lowest BCUT2D eigenvalue weighted by molar-refractivity contribution is -0.386. The Labute approximate surface area is 224 Å². The largest absolute Gasteiger partial charge is 0.496 e. The first-order valence-electron chi connectivity index (χ1n) is 12.2. The molecule has 0 saturated carbocycles. The average molecular weight is 526 g/mol. The number of hydrogen-bond acceptors (Lipinski definition) is 8. The smallest absolute Gasteiger partial charge is 0.312 e. The highest BCUT2D eigenvalue weighted by molar-refractivity contribution is 5.60. The van der Waals surface area contributed by atoms with Crippen molar-refractivity contribution in [2.45, 2.75) is 40.2 Å². The maximum absolute atomic E-state index is 11.6. The number of nitriles is 1. The number of nitrogens with zero attached hydrogens (tertiary/aromatic N) is 6. The maximum atomic E-state index is 11.6. The fourth-order valence-corrected chi connectivity index (χ4v) is 5.28. The highest BCUT2D eigenvalue weighted by Gasteiger charge is 2.37. The van der Waals surface area contributed by atoms with Gasteiger partial charge in [-0.1, -0.05) is 24.3 Å². The zero-order valence-electron chi connectivity index (χ0n) is 22.2. The van der Waals surface area contributed by atoms with Gasteiger partial charge in [0.15, 0.2) is 0 Å². The van der Waals surface area contributed by atoms with Crippen LogP contribution in [0.25, 0.3) is 5.69 Å². The number of aromatic nitrogens is 4. The number of nitrogens with two attached hydrogens (primary N) is 1. The summed E-state index contributed by atoms with van der Waals surface area (Å²) in [5, 5.41) is 30.9. The van der Waals surface area contributed by atoms with Gasteiger partial charge in [-0.2, -0.15) is 15.5 Å². The van der Waals surface area contributed by atoms with Gasteiger partial charge in [0.2, 0.25) is 11.8 Å². The minimum atomic E-state index is -0.546. The van der Waals surface area contributed by atoms with Crippen molar-refractivity contribution < 1.29 is 14.4 Å². The molecule has 2 aromatic carbocycles. The second-order valence-electron chi connectivity index (χ2n) is 9.37. The van der Waals surface area contributed by atoms with Crippen LogP contribution in [0.4, 0.5) is 5.69 Å². The van der Waals surface area contributed by atoms with Gasteiger partial charge in [-0.3, -0.25) is 14.8 Å². The number of allylic oxidation sites excluding steroid dienone is 1. The quantitative estimate of drug-likeness (QED) is 0.286. The number of para-hydroxylation sites is 1. The van der Waals surface area contributed by atoms with Crippen molar-refractivity contribution in [1.82, 2.24) is 19.6 Å². The lowest BCUT2D eigenvalue weighted by Gasteiger charge is -2.27. The summed E-state index contributed by atoms with van der Waals surface area (Å²) in [4.78, 5) is 11.2. The van der Waals surface area contributed by atoms with Gasteiger partial charge < -0.3 is 15.2 Å². The highest BCUT2D eigenvalue weighted by Crippen LogP contribution is 2.46. The second-order valence-corrected chi connectivity index (χ2v) is 9.37. The molecule has 1 unspecified atom stereocenters. The lowest BCUT2D eigenvalue weighted by atomic mass is 9.81. The molecule has 0 radical (unpaired) electrons. The number of nitro groups is 1. The summed E-state index contributed by atoms with van der Waals surface area (Å²) < 4.78 is 15.0. The van der Waals surface area contributed by atoms with Crippen molar-refractivity contribution in [1.29, 1.82) is 5.26 Å². The molecule has 1 aliphatic rings. The van der Waals surface area contributed by atoms with E-state index in [9.17, 15) is 15.4 Å². The molecule has 11 nitrogen and oxygen atoms in total. The van der Waals surface area contributed by atoms with Crippen LogP contribution in [0.1, 0.15) is 45.3 Å². The molecule has 39 heavy (non-hydrogen) atoms. The van der Waals surface area contributed by atoms with Crippen molar-refractivity contribution in [3.63, 3.8) is 0 Å². The van der Waals surface area contributed by atoms with Crippen molar-refractivity contribution >= 4 is 5.69 Å². The third-order valence-electron chi connectivity index (χ3n) is 7.20. The fraction of sp³-hybridized carbons (Fsp3) is 0.250. The molecule has 1 aliphatic heterocycles. The fourth-order valence-electron chi connectivity index (χ4n) is 5.28. The number of aryl methyl sites for hydroxylation is 2. The molecule has 0 spiro atoms. The molecule has 3 heterocycles. The third kappa shape index (κ3) is 4.06. The first kappa shape index (κ1) is 25.5. The number of rotatable bonds is 6. The van der Waals surface area contributed by atoms with E-state index in [1.165, 1.54) is 0 Å². The van der Waals surface area contributed by atoms with Crippen LogP contribution in [0.5, 0.6) is 11.6 Å². The number of methoxy groups -OCH3 is 1. The van der Waals surface area contributed by atoms with Crippen LogP contribution in [-0.4, -0.2) is 31.6 Å². The van der Waals surface area contributed by atoms with Crippen LogP contribution in [0, 0.1) is 49.1 Å². The topological polar surface area (TPSA) is 147 Å². The van der Waals surface area contributed by atoms with E-state index in [0.29, 0.717) is 28.7 Å². The predicted octanol–water partition coefficient (Wildman–Crippen LogP) is 4.49. The molecule has 11 heteroatoms. The van der Waals surface area contributed by atoms with Gasteiger partial charge in [-0.15, -0.1) is 0 Å². The summed E-state index contributed by atoms with van der Waals surface area (Å²) in [5.41, 5.74) is 12.1. The molecular weight excluding hydrogens is 498 g/mol. The second kappa shape index (κ2) is 9.64. The Hall–Kier alpha value is -5.11. The molecule has 0 saturated heterocycles. The molecule has 5 rings (SSSR count). The van der Waals surface area contributed by atoms with E-state index >= 15 is 0 Å². The van der Waals surface area contributed by atoms with Crippen LogP contribution in [0.15, 0.2) is 53.9 Å². The number of hydrogen-bond donors (Lipinski definition) is 1. The Balaban J connectivity index is 1.70. The first-order valence-corrected chi connectivity index (χ1v) is 12.2. The number of ether oxygens (including phenoxy) is 2. The van der Waals surface area contributed by atoms with E-state index in [1.807, 2.05) is 56.3 Å². The van der Waals surface area contributed by atoms with Crippen molar-refractivity contribution in [3.05, 3.63) is 103 Å². The third-order valence-corrected chi connectivity index (χ3v) is 7.20. The van der Waals surface area contributed by atoms with Crippen molar-refractivity contribution in [2.24, 2.45) is 5.73 Å². The molecule has 0 bridgehead atoms. The van der Waals surface area contributed by atoms with Crippen LogP contribution < -0.4 is 15.2 Å². The van der Waals surface area contributed by atoms with Gasteiger partial charge in [0, 0.05) is 5.56 Å². The van der Waals surface area contributed by atoms with E-state index in [4.69, 9.17) is 20.3 Å².